The highest BCUT2D eigenvalue weighted by Crippen LogP contribution is 2.08. The van der Waals surface area contributed by atoms with E-state index in [0.717, 1.165) is 31.7 Å². The number of nitrogens with two attached hydrogens (primary N) is 1. The van der Waals surface area contributed by atoms with Crippen LogP contribution in [0.2, 0.25) is 0 Å². The summed E-state index contributed by atoms with van der Waals surface area (Å²) in [5.74, 6) is 5.73. The fourth-order valence-electron chi connectivity index (χ4n) is 2.05. The molecule has 0 aromatic carbocycles. The van der Waals surface area contributed by atoms with Gasteiger partial charge in [-0.3, -0.25) is 4.79 Å². The molecule has 0 unspecified atom stereocenters. The molecule has 1 aromatic rings. The van der Waals surface area contributed by atoms with Gasteiger partial charge in [-0.1, -0.05) is 13.8 Å². The summed E-state index contributed by atoms with van der Waals surface area (Å²) in [4.78, 5) is 18.5. The highest BCUT2D eigenvalue weighted by Gasteiger charge is 2.08. The van der Waals surface area contributed by atoms with Gasteiger partial charge in [0.2, 0.25) is 0 Å². The average Bonchev–Trinajstić information content (AvgIpc) is 2.45. The summed E-state index contributed by atoms with van der Waals surface area (Å²) < 4.78 is 0. The fourth-order valence-corrected chi connectivity index (χ4v) is 2.05. The van der Waals surface area contributed by atoms with Crippen molar-refractivity contribution in [3.63, 3.8) is 0 Å². The van der Waals surface area contributed by atoms with E-state index in [-0.39, 0.29) is 5.91 Å². The first-order valence-corrected chi connectivity index (χ1v) is 7.06. The molecule has 0 aliphatic rings. The van der Waals surface area contributed by atoms with Crippen molar-refractivity contribution in [3.05, 3.63) is 23.4 Å². The van der Waals surface area contributed by atoms with Gasteiger partial charge < -0.3 is 15.6 Å². The van der Waals surface area contributed by atoms with Crippen molar-refractivity contribution in [2.75, 3.05) is 31.6 Å². The Morgan fingerprint density at radius 1 is 1.35 bits per heavy atom. The van der Waals surface area contributed by atoms with Crippen molar-refractivity contribution < 1.29 is 4.79 Å². The standard InChI is InChI=1S/C14H25N5O/c1-4-7-19(5-2)8-6-16-14(20)12-9-11(3)17-13(10-12)18-15/h9-10H,4-8,15H2,1-3H3,(H,16,20)(H,17,18). The summed E-state index contributed by atoms with van der Waals surface area (Å²) in [5.41, 5.74) is 3.79. The predicted molar refractivity (Wildman–Crippen MR) is 81.5 cm³/mol. The number of nitrogens with zero attached hydrogens (tertiary/aromatic N) is 2. The summed E-state index contributed by atoms with van der Waals surface area (Å²) in [5, 5.41) is 2.92. The lowest BCUT2D eigenvalue weighted by molar-refractivity contribution is 0.0948. The predicted octanol–water partition coefficient (Wildman–Crippen LogP) is 1.14. The first-order valence-electron chi connectivity index (χ1n) is 7.06. The third-order valence-electron chi connectivity index (χ3n) is 3.06. The topological polar surface area (TPSA) is 83.3 Å². The molecular weight excluding hydrogens is 254 g/mol. The van der Waals surface area contributed by atoms with E-state index in [1.807, 2.05) is 6.92 Å². The summed E-state index contributed by atoms with van der Waals surface area (Å²) in [6.07, 6.45) is 1.12. The number of pyridine rings is 1. The highest BCUT2D eigenvalue weighted by atomic mass is 16.1. The van der Waals surface area contributed by atoms with Crippen LogP contribution in [0.25, 0.3) is 0 Å². The lowest BCUT2D eigenvalue weighted by atomic mass is 10.2. The monoisotopic (exact) mass is 279 g/mol. The smallest absolute Gasteiger partial charge is 0.251 e. The first kappa shape index (κ1) is 16.4. The van der Waals surface area contributed by atoms with Crippen LogP contribution in [-0.2, 0) is 0 Å². The van der Waals surface area contributed by atoms with Crippen LogP contribution >= 0.6 is 0 Å². The van der Waals surface area contributed by atoms with Crippen LogP contribution in [-0.4, -0.2) is 42.0 Å². The third-order valence-corrected chi connectivity index (χ3v) is 3.06. The molecule has 0 saturated heterocycles. The lowest BCUT2D eigenvalue weighted by Crippen LogP contribution is -2.35. The van der Waals surface area contributed by atoms with Crippen LogP contribution in [0.3, 0.4) is 0 Å². The van der Waals surface area contributed by atoms with Crippen LogP contribution in [0.15, 0.2) is 12.1 Å². The number of hydrogen-bond acceptors (Lipinski definition) is 5. The van der Waals surface area contributed by atoms with Gasteiger partial charge in [0.1, 0.15) is 5.82 Å². The molecule has 6 heteroatoms. The number of rotatable bonds is 8. The van der Waals surface area contributed by atoms with Crippen molar-refractivity contribution in [2.45, 2.75) is 27.2 Å². The molecule has 0 atom stereocenters. The summed E-state index contributed by atoms with van der Waals surface area (Å²) >= 11 is 0. The lowest BCUT2D eigenvalue weighted by Gasteiger charge is -2.19. The largest absolute Gasteiger partial charge is 0.351 e. The zero-order chi connectivity index (χ0) is 15.0. The Morgan fingerprint density at radius 2 is 2.10 bits per heavy atom. The molecule has 0 spiro atoms. The summed E-state index contributed by atoms with van der Waals surface area (Å²) in [6, 6.07) is 3.39. The fraction of sp³-hybridized carbons (Fsp3) is 0.571. The van der Waals surface area contributed by atoms with Gasteiger partial charge in [0, 0.05) is 24.3 Å². The average molecular weight is 279 g/mol. The number of hydrogen-bond donors (Lipinski definition) is 3. The van der Waals surface area contributed by atoms with Crippen LogP contribution in [0.4, 0.5) is 5.82 Å². The maximum atomic E-state index is 12.1. The second kappa shape index (κ2) is 8.50. The molecule has 4 N–H and O–H groups in total. The van der Waals surface area contributed by atoms with Crippen LogP contribution < -0.4 is 16.6 Å². The van der Waals surface area contributed by atoms with Gasteiger partial charge in [-0.05, 0) is 38.6 Å². The maximum Gasteiger partial charge on any atom is 0.251 e. The maximum absolute atomic E-state index is 12.1. The molecule has 0 aliphatic carbocycles. The second-order valence-electron chi connectivity index (χ2n) is 4.72. The van der Waals surface area contributed by atoms with E-state index < -0.39 is 0 Å². The van der Waals surface area contributed by atoms with Crippen molar-refractivity contribution in [1.82, 2.24) is 15.2 Å². The first-order chi connectivity index (χ1) is 9.60. The molecule has 112 valence electrons. The van der Waals surface area contributed by atoms with Crippen LogP contribution in [0.1, 0.15) is 36.3 Å². The molecule has 1 heterocycles. The van der Waals surface area contributed by atoms with E-state index >= 15 is 0 Å². The van der Waals surface area contributed by atoms with Gasteiger partial charge in [-0.15, -0.1) is 0 Å². The van der Waals surface area contributed by atoms with Gasteiger partial charge in [0.15, 0.2) is 0 Å². The molecule has 20 heavy (non-hydrogen) atoms. The number of hydrazine groups is 1. The molecule has 0 radical (unpaired) electrons. The number of anilines is 1. The summed E-state index contributed by atoms with van der Waals surface area (Å²) in [6.45, 7) is 9.67. The molecule has 1 rings (SSSR count). The number of amides is 1. The van der Waals surface area contributed by atoms with Crippen LogP contribution in [0.5, 0.6) is 0 Å². The second-order valence-corrected chi connectivity index (χ2v) is 4.72. The van der Waals surface area contributed by atoms with Gasteiger partial charge >= 0.3 is 0 Å². The number of carbonyl (C=O) groups excluding carboxylic acids is 1. The van der Waals surface area contributed by atoms with Crippen molar-refractivity contribution in [2.24, 2.45) is 5.84 Å². The minimum Gasteiger partial charge on any atom is -0.351 e. The van der Waals surface area contributed by atoms with Crippen molar-refractivity contribution in [3.8, 4) is 0 Å². The quantitative estimate of drug-likeness (QED) is 0.491. The zero-order valence-electron chi connectivity index (χ0n) is 12.6. The molecule has 1 amide bonds. The zero-order valence-corrected chi connectivity index (χ0v) is 12.6. The van der Waals surface area contributed by atoms with E-state index in [2.05, 4.69) is 34.5 Å². The Balaban J connectivity index is 2.52. The molecule has 0 bridgehead atoms. The van der Waals surface area contributed by atoms with Gasteiger partial charge in [0.05, 0.1) is 0 Å². The number of likely N-dealkylation sites (N-methyl/N-ethyl adjacent to an activating group) is 1. The Morgan fingerprint density at radius 3 is 2.70 bits per heavy atom. The Hall–Kier alpha value is -1.66. The number of carbonyl (C=O) groups is 1. The van der Waals surface area contributed by atoms with Crippen molar-refractivity contribution >= 4 is 11.7 Å². The summed E-state index contributed by atoms with van der Waals surface area (Å²) in [7, 11) is 0. The van der Waals surface area contributed by atoms with E-state index in [0.29, 0.717) is 17.9 Å². The third kappa shape index (κ3) is 5.14. The molecule has 0 aliphatic heterocycles. The highest BCUT2D eigenvalue weighted by molar-refractivity contribution is 5.94. The Kier molecular flexibility index (Phi) is 6.97. The van der Waals surface area contributed by atoms with Gasteiger partial charge in [-0.25, -0.2) is 10.8 Å². The van der Waals surface area contributed by atoms with E-state index in [1.165, 1.54) is 0 Å². The number of aryl methyl sites for hydroxylation is 1. The molecule has 6 nitrogen and oxygen atoms in total. The number of nitrogen functional groups attached to an aromatic ring is 1. The van der Waals surface area contributed by atoms with Gasteiger partial charge in [0.25, 0.3) is 5.91 Å². The Labute approximate surface area is 120 Å². The van der Waals surface area contributed by atoms with Crippen molar-refractivity contribution in [1.29, 1.82) is 0 Å². The molecule has 0 fully saturated rings. The molecule has 1 aromatic heterocycles. The number of nitrogens with one attached hydrogen (secondary N) is 2. The minimum absolute atomic E-state index is 0.0976. The molecular formula is C14H25N5O. The molecule has 0 saturated carbocycles. The minimum atomic E-state index is -0.0976. The van der Waals surface area contributed by atoms with E-state index in [1.54, 1.807) is 12.1 Å². The number of aromatic nitrogens is 1. The normalized spacial score (nSPS) is 10.7. The Bertz CT molecular complexity index is 436. The van der Waals surface area contributed by atoms with Crippen LogP contribution in [0, 0.1) is 6.92 Å². The van der Waals surface area contributed by atoms with E-state index in [9.17, 15) is 4.79 Å². The van der Waals surface area contributed by atoms with Gasteiger partial charge in [-0.2, -0.15) is 0 Å². The van der Waals surface area contributed by atoms with E-state index in [4.69, 9.17) is 5.84 Å². The SMILES string of the molecule is CCCN(CC)CCNC(=O)c1cc(C)nc(NN)c1.